The Hall–Kier alpha value is -2.69. The van der Waals surface area contributed by atoms with Gasteiger partial charge in [0.05, 0.1) is 23.0 Å². The molecule has 4 nitrogen and oxygen atoms in total. The van der Waals surface area contributed by atoms with E-state index in [0.717, 1.165) is 16.5 Å². The van der Waals surface area contributed by atoms with Gasteiger partial charge in [0.25, 0.3) is 5.91 Å². The van der Waals surface area contributed by atoms with Crippen molar-refractivity contribution in [2.24, 2.45) is 0 Å². The number of hydrogen-bond donors (Lipinski definition) is 2. The monoisotopic (exact) mass is 269 g/mol. The minimum atomic E-state index is -0.535. The number of benzene rings is 2. The first-order valence-corrected chi connectivity index (χ1v) is 6.15. The lowest BCUT2D eigenvalue weighted by atomic mass is 10.1. The number of hydrogen-bond acceptors (Lipinski definition) is 2. The third-order valence-electron chi connectivity index (χ3n) is 3.10. The van der Waals surface area contributed by atoms with Crippen molar-refractivity contribution in [1.29, 1.82) is 0 Å². The lowest BCUT2D eigenvalue weighted by molar-refractivity contribution is 0.102. The van der Waals surface area contributed by atoms with E-state index < -0.39 is 11.7 Å². The molecule has 0 fully saturated rings. The molecule has 0 aliphatic heterocycles. The van der Waals surface area contributed by atoms with Gasteiger partial charge in [-0.1, -0.05) is 17.7 Å². The molecule has 3 aromatic rings. The summed E-state index contributed by atoms with van der Waals surface area (Å²) in [5.74, 6) is -1.01. The molecule has 2 aromatic carbocycles. The summed E-state index contributed by atoms with van der Waals surface area (Å²) in [5.41, 5.74) is 2.28. The van der Waals surface area contributed by atoms with Crippen LogP contribution in [0.15, 0.2) is 42.6 Å². The first-order chi connectivity index (χ1) is 9.65. The van der Waals surface area contributed by atoms with Crippen molar-refractivity contribution in [1.82, 2.24) is 10.2 Å². The predicted octanol–water partition coefficient (Wildman–Crippen LogP) is 3.26. The summed E-state index contributed by atoms with van der Waals surface area (Å²) < 4.78 is 13.7. The van der Waals surface area contributed by atoms with Gasteiger partial charge in [-0.05, 0) is 31.2 Å². The van der Waals surface area contributed by atoms with Gasteiger partial charge in [-0.15, -0.1) is 0 Å². The van der Waals surface area contributed by atoms with Gasteiger partial charge in [-0.25, -0.2) is 4.39 Å². The molecule has 0 radical (unpaired) electrons. The van der Waals surface area contributed by atoms with Crippen LogP contribution >= 0.6 is 0 Å². The highest BCUT2D eigenvalue weighted by Crippen LogP contribution is 2.22. The second kappa shape index (κ2) is 4.77. The zero-order valence-corrected chi connectivity index (χ0v) is 10.8. The van der Waals surface area contributed by atoms with Gasteiger partial charge in [0.2, 0.25) is 0 Å². The number of aromatic amines is 1. The second-order valence-electron chi connectivity index (χ2n) is 4.57. The standard InChI is InChI=1S/C15H12FN3O/c1-9-5-6-12(16)10(7-9)15(20)18-13-3-2-4-14-11(13)8-17-19-14/h2-8H,1H3,(H,17,19)(H,18,20). The van der Waals surface area contributed by atoms with Crippen molar-refractivity contribution in [3.05, 3.63) is 59.5 Å². The Morgan fingerprint density at radius 1 is 1.30 bits per heavy atom. The Balaban J connectivity index is 1.96. The highest BCUT2D eigenvalue weighted by atomic mass is 19.1. The minimum absolute atomic E-state index is 0.0329. The SMILES string of the molecule is Cc1ccc(F)c(C(=O)Nc2cccc3[nH]ncc23)c1. The van der Waals surface area contributed by atoms with Gasteiger partial charge < -0.3 is 5.32 Å². The molecule has 2 N–H and O–H groups in total. The zero-order chi connectivity index (χ0) is 14.1. The van der Waals surface area contributed by atoms with Crippen molar-refractivity contribution in [3.63, 3.8) is 0 Å². The number of halogens is 1. The normalized spacial score (nSPS) is 10.7. The molecule has 3 rings (SSSR count). The zero-order valence-electron chi connectivity index (χ0n) is 10.8. The molecule has 1 amide bonds. The summed E-state index contributed by atoms with van der Waals surface area (Å²) in [4.78, 5) is 12.2. The lowest BCUT2D eigenvalue weighted by Crippen LogP contribution is -2.14. The van der Waals surface area contributed by atoms with Crippen molar-refractivity contribution >= 4 is 22.5 Å². The smallest absolute Gasteiger partial charge is 0.258 e. The molecule has 0 unspecified atom stereocenters. The number of aryl methyl sites for hydroxylation is 1. The molecule has 20 heavy (non-hydrogen) atoms. The average Bonchev–Trinajstić information content (AvgIpc) is 2.91. The second-order valence-corrected chi connectivity index (χ2v) is 4.57. The molecule has 0 saturated heterocycles. The molecule has 0 bridgehead atoms. The lowest BCUT2D eigenvalue weighted by Gasteiger charge is -2.07. The predicted molar refractivity (Wildman–Crippen MR) is 75.2 cm³/mol. The Bertz CT molecular complexity index is 795. The van der Waals surface area contributed by atoms with E-state index in [2.05, 4.69) is 15.5 Å². The van der Waals surface area contributed by atoms with E-state index in [1.54, 1.807) is 24.4 Å². The molecule has 100 valence electrons. The number of aromatic nitrogens is 2. The maximum atomic E-state index is 13.7. The fraction of sp³-hybridized carbons (Fsp3) is 0.0667. The van der Waals surface area contributed by atoms with Crippen LogP contribution in [0.5, 0.6) is 0 Å². The van der Waals surface area contributed by atoms with Gasteiger partial charge >= 0.3 is 0 Å². The third-order valence-corrected chi connectivity index (χ3v) is 3.10. The number of H-pyrrole nitrogens is 1. The third kappa shape index (κ3) is 2.14. The van der Waals surface area contributed by atoms with Crippen molar-refractivity contribution in [2.75, 3.05) is 5.32 Å². The van der Waals surface area contributed by atoms with E-state index in [4.69, 9.17) is 0 Å². The van der Waals surface area contributed by atoms with Gasteiger partial charge in [0, 0.05) is 5.39 Å². The van der Waals surface area contributed by atoms with E-state index in [9.17, 15) is 9.18 Å². The summed E-state index contributed by atoms with van der Waals surface area (Å²) in [6, 6.07) is 9.85. The molecular weight excluding hydrogens is 257 g/mol. The molecular formula is C15H12FN3O. The van der Waals surface area contributed by atoms with Gasteiger partial charge in [-0.3, -0.25) is 9.89 Å². The van der Waals surface area contributed by atoms with Crippen LogP contribution in [0.25, 0.3) is 10.9 Å². The van der Waals surface area contributed by atoms with E-state index >= 15 is 0 Å². The number of anilines is 1. The molecule has 1 aromatic heterocycles. The van der Waals surface area contributed by atoms with Crippen molar-refractivity contribution in [2.45, 2.75) is 6.92 Å². The minimum Gasteiger partial charge on any atom is -0.321 e. The molecule has 0 atom stereocenters. The van der Waals surface area contributed by atoms with Gasteiger partial charge in [0.15, 0.2) is 0 Å². The number of nitrogens with zero attached hydrogens (tertiary/aromatic N) is 1. The summed E-state index contributed by atoms with van der Waals surface area (Å²) >= 11 is 0. The number of rotatable bonds is 2. The number of amides is 1. The van der Waals surface area contributed by atoms with Crippen LogP contribution in [0.4, 0.5) is 10.1 Å². The van der Waals surface area contributed by atoms with Crippen LogP contribution in [-0.4, -0.2) is 16.1 Å². The molecule has 5 heteroatoms. The first-order valence-electron chi connectivity index (χ1n) is 6.15. The molecule has 0 aliphatic rings. The highest BCUT2D eigenvalue weighted by molar-refractivity contribution is 6.08. The summed E-state index contributed by atoms with van der Waals surface area (Å²) in [5, 5.41) is 10.2. The van der Waals surface area contributed by atoms with Crippen LogP contribution in [0, 0.1) is 12.7 Å². The van der Waals surface area contributed by atoms with E-state index in [0.29, 0.717) is 5.69 Å². The van der Waals surface area contributed by atoms with E-state index in [1.165, 1.54) is 12.1 Å². The van der Waals surface area contributed by atoms with Crippen LogP contribution in [0.1, 0.15) is 15.9 Å². The maximum absolute atomic E-state index is 13.7. The Morgan fingerprint density at radius 2 is 2.15 bits per heavy atom. The topological polar surface area (TPSA) is 57.8 Å². The van der Waals surface area contributed by atoms with Crippen molar-refractivity contribution in [3.8, 4) is 0 Å². The Kier molecular flexibility index (Phi) is 2.95. The average molecular weight is 269 g/mol. The van der Waals surface area contributed by atoms with Crippen LogP contribution in [-0.2, 0) is 0 Å². The Labute approximate surface area is 114 Å². The number of carbonyl (C=O) groups is 1. The molecule has 1 heterocycles. The quantitative estimate of drug-likeness (QED) is 0.750. The number of carbonyl (C=O) groups excluding carboxylic acids is 1. The molecule has 0 aliphatic carbocycles. The largest absolute Gasteiger partial charge is 0.321 e. The van der Waals surface area contributed by atoms with E-state index in [1.807, 2.05) is 13.0 Å². The molecule has 0 spiro atoms. The van der Waals surface area contributed by atoms with Gasteiger partial charge in [-0.2, -0.15) is 5.10 Å². The van der Waals surface area contributed by atoms with Crippen LogP contribution in [0.2, 0.25) is 0 Å². The van der Waals surface area contributed by atoms with Crippen LogP contribution in [0.3, 0.4) is 0 Å². The fourth-order valence-corrected chi connectivity index (χ4v) is 2.08. The summed E-state index contributed by atoms with van der Waals surface area (Å²) in [6.07, 6.45) is 1.62. The maximum Gasteiger partial charge on any atom is 0.258 e. The fourth-order valence-electron chi connectivity index (χ4n) is 2.08. The number of nitrogens with one attached hydrogen (secondary N) is 2. The van der Waals surface area contributed by atoms with Gasteiger partial charge in [0.1, 0.15) is 5.82 Å². The summed E-state index contributed by atoms with van der Waals surface area (Å²) in [6.45, 7) is 1.81. The van der Waals surface area contributed by atoms with Crippen molar-refractivity contribution < 1.29 is 9.18 Å². The Morgan fingerprint density at radius 3 is 3.00 bits per heavy atom. The number of fused-ring (bicyclic) bond motifs is 1. The van der Waals surface area contributed by atoms with Crippen LogP contribution < -0.4 is 5.32 Å². The summed E-state index contributed by atoms with van der Waals surface area (Å²) in [7, 11) is 0. The first kappa shape index (κ1) is 12.3. The highest BCUT2D eigenvalue weighted by Gasteiger charge is 2.13. The molecule has 0 saturated carbocycles. The van der Waals surface area contributed by atoms with E-state index in [-0.39, 0.29) is 5.56 Å².